The Morgan fingerprint density at radius 3 is 2.80 bits per heavy atom. The van der Waals surface area contributed by atoms with Crippen LogP contribution in [-0.4, -0.2) is 16.1 Å². The number of carbonyl (C=O) groups is 1. The van der Waals surface area contributed by atoms with Crippen LogP contribution in [0.15, 0.2) is 30.3 Å². The number of rotatable bonds is 5. The molecule has 6 heteroatoms. The van der Waals surface area contributed by atoms with Crippen molar-refractivity contribution >= 4 is 40.1 Å². The number of nitrogens with one attached hydrogen (secondary N) is 1. The second-order valence-corrected chi connectivity index (χ2v) is 5.62. The number of hydrogen-bond donors (Lipinski definition) is 1. The van der Waals surface area contributed by atoms with Crippen molar-refractivity contribution < 1.29 is 4.79 Å². The maximum absolute atomic E-state index is 11.7. The predicted octanol–water partition coefficient (Wildman–Crippen LogP) is 3.80. The van der Waals surface area contributed by atoms with Crippen LogP contribution in [-0.2, 0) is 11.2 Å². The van der Waals surface area contributed by atoms with E-state index in [0.29, 0.717) is 10.2 Å². The van der Waals surface area contributed by atoms with Gasteiger partial charge in [-0.3, -0.25) is 10.1 Å². The van der Waals surface area contributed by atoms with Crippen molar-refractivity contribution in [2.24, 2.45) is 0 Å². The van der Waals surface area contributed by atoms with Gasteiger partial charge in [-0.1, -0.05) is 42.0 Å². The highest BCUT2D eigenvalue weighted by atomic mass is 35.5. The molecule has 4 nitrogen and oxygen atoms in total. The molecule has 0 bridgehead atoms. The number of anilines is 1. The molecular formula is C14H14ClN3OS. The highest BCUT2D eigenvalue weighted by molar-refractivity contribution is 7.15. The Morgan fingerprint density at radius 1 is 1.35 bits per heavy atom. The van der Waals surface area contributed by atoms with E-state index in [1.165, 1.54) is 17.4 Å². The van der Waals surface area contributed by atoms with Crippen LogP contribution in [0.25, 0.3) is 6.08 Å². The Kier molecular flexibility index (Phi) is 5.26. The van der Waals surface area contributed by atoms with Gasteiger partial charge in [0.05, 0.1) is 0 Å². The first kappa shape index (κ1) is 14.7. The summed E-state index contributed by atoms with van der Waals surface area (Å²) in [5.74, 6) is -0.223. The number of hydrogen-bond acceptors (Lipinski definition) is 4. The van der Waals surface area contributed by atoms with E-state index in [2.05, 4.69) is 22.4 Å². The lowest BCUT2D eigenvalue weighted by Crippen LogP contribution is -2.07. The quantitative estimate of drug-likeness (QED) is 0.855. The van der Waals surface area contributed by atoms with Crippen LogP contribution in [0.5, 0.6) is 0 Å². The Labute approximate surface area is 126 Å². The van der Waals surface area contributed by atoms with E-state index in [-0.39, 0.29) is 5.91 Å². The molecule has 0 radical (unpaired) electrons. The van der Waals surface area contributed by atoms with Crippen LogP contribution in [0, 0.1) is 0 Å². The normalized spacial score (nSPS) is 10.9. The Morgan fingerprint density at radius 2 is 2.10 bits per heavy atom. The Balaban J connectivity index is 1.92. The van der Waals surface area contributed by atoms with Crippen LogP contribution < -0.4 is 5.32 Å². The summed E-state index contributed by atoms with van der Waals surface area (Å²) in [7, 11) is 0. The third-order valence-electron chi connectivity index (χ3n) is 2.46. The summed E-state index contributed by atoms with van der Waals surface area (Å²) >= 11 is 7.20. The molecule has 0 aliphatic rings. The monoisotopic (exact) mass is 307 g/mol. The van der Waals surface area contributed by atoms with Crippen molar-refractivity contribution in [3.63, 3.8) is 0 Å². The minimum atomic E-state index is -0.223. The summed E-state index contributed by atoms with van der Waals surface area (Å²) in [6.45, 7) is 2.08. The largest absolute Gasteiger partial charge is 0.297 e. The molecule has 104 valence electrons. The highest BCUT2D eigenvalue weighted by Gasteiger charge is 2.05. The van der Waals surface area contributed by atoms with Crippen LogP contribution in [0.3, 0.4) is 0 Å². The number of aromatic nitrogens is 2. The second kappa shape index (κ2) is 7.17. The van der Waals surface area contributed by atoms with Crippen LogP contribution in [0.1, 0.15) is 23.9 Å². The van der Waals surface area contributed by atoms with E-state index in [0.717, 1.165) is 23.4 Å². The number of benzene rings is 1. The van der Waals surface area contributed by atoms with Crippen molar-refractivity contribution in [2.45, 2.75) is 19.8 Å². The van der Waals surface area contributed by atoms with Crippen molar-refractivity contribution in [2.75, 3.05) is 5.32 Å². The minimum absolute atomic E-state index is 0.223. The first-order valence-corrected chi connectivity index (χ1v) is 7.44. The van der Waals surface area contributed by atoms with E-state index < -0.39 is 0 Å². The second-order valence-electron chi connectivity index (χ2n) is 4.13. The van der Waals surface area contributed by atoms with Gasteiger partial charge in [0.1, 0.15) is 5.01 Å². The zero-order chi connectivity index (χ0) is 14.4. The third kappa shape index (κ3) is 4.43. The third-order valence-corrected chi connectivity index (χ3v) is 3.61. The molecule has 1 amide bonds. The van der Waals surface area contributed by atoms with Crippen molar-refractivity contribution in [1.29, 1.82) is 0 Å². The van der Waals surface area contributed by atoms with Crippen LogP contribution >= 0.6 is 22.9 Å². The molecule has 0 unspecified atom stereocenters. The maximum atomic E-state index is 11.7. The minimum Gasteiger partial charge on any atom is -0.297 e. The molecule has 0 spiro atoms. The zero-order valence-electron chi connectivity index (χ0n) is 11.0. The van der Waals surface area contributed by atoms with Gasteiger partial charge in [-0.05, 0) is 30.2 Å². The van der Waals surface area contributed by atoms with E-state index in [1.807, 2.05) is 12.1 Å². The van der Waals surface area contributed by atoms with Gasteiger partial charge >= 0.3 is 0 Å². The summed E-state index contributed by atoms with van der Waals surface area (Å²) < 4.78 is 0. The lowest BCUT2D eigenvalue weighted by Gasteiger charge is -1.95. The fourth-order valence-electron chi connectivity index (χ4n) is 1.51. The summed E-state index contributed by atoms with van der Waals surface area (Å²) in [4.78, 5) is 11.7. The predicted molar refractivity (Wildman–Crippen MR) is 83.0 cm³/mol. The van der Waals surface area contributed by atoms with Crippen LogP contribution in [0.2, 0.25) is 5.02 Å². The molecule has 0 atom stereocenters. The highest BCUT2D eigenvalue weighted by Crippen LogP contribution is 2.16. The maximum Gasteiger partial charge on any atom is 0.250 e. The number of nitrogens with zero attached hydrogens (tertiary/aromatic N) is 2. The Bertz CT molecular complexity index is 607. The standard InChI is InChI=1S/C14H14ClN3OS/c1-2-3-13-17-18-14(20-13)16-12(19)9-6-10-4-7-11(15)8-5-10/h4-9H,2-3H2,1H3,(H,16,18,19)/b9-6+. The summed E-state index contributed by atoms with van der Waals surface area (Å²) in [5, 5.41) is 12.8. The smallest absolute Gasteiger partial charge is 0.250 e. The van der Waals surface area contributed by atoms with Gasteiger partial charge in [-0.2, -0.15) is 0 Å². The van der Waals surface area contributed by atoms with Gasteiger partial charge < -0.3 is 0 Å². The molecule has 0 saturated carbocycles. The van der Waals surface area contributed by atoms with Gasteiger partial charge in [0, 0.05) is 17.5 Å². The molecule has 0 fully saturated rings. The molecule has 0 aliphatic carbocycles. The van der Waals surface area contributed by atoms with Gasteiger partial charge in [0.2, 0.25) is 11.0 Å². The van der Waals surface area contributed by atoms with E-state index in [4.69, 9.17) is 11.6 Å². The molecule has 2 rings (SSSR count). The lowest BCUT2D eigenvalue weighted by atomic mass is 10.2. The molecule has 20 heavy (non-hydrogen) atoms. The number of halogens is 1. The number of aryl methyl sites for hydroxylation is 1. The van der Waals surface area contributed by atoms with E-state index in [9.17, 15) is 4.79 Å². The summed E-state index contributed by atoms with van der Waals surface area (Å²) in [6, 6.07) is 7.24. The first-order valence-electron chi connectivity index (χ1n) is 6.24. The van der Waals surface area contributed by atoms with Gasteiger partial charge in [0.25, 0.3) is 0 Å². The van der Waals surface area contributed by atoms with Gasteiger partial charge in [-0.25, -0.2) is 0 Å². The molecule has 0 aliphatic heterocycles. The molecule has 1 N–H and O–H groups in total. The lowest BCUT2D eigenvalue weighted by molar-refractivity contribution is -0.111. The van der Waals surface area contributed by atoms with Crippen LogP contribution in [0.4, 0.5) is 5.13 Å². The Hall–Kier alpha value is -1.72. The molecule has 0 saturated heterocycles. The average Bonchev–Trinajstić information content (AvgIpc) is 2.86. The number of amides is 1. The fourth-order valence-corrected chi connectivity index (χ4v) is 2.48. The van der Waals surface area contributed by atoms with Crippen molar-refractivity contribution in [3.8, 4) is 0 Å². The number of carbonyl (C=O) groups excluding carboxylic acids is 1. The first-order chi connectivity index (χ1) is 9.67. The van der Waals surface area contributed by atoms with Crippen molar-refractivity contribution in [1.82, 2.24) is 10.2 Å². The molecule has 1 heterocycles. The molecule has 1 aromatic heterocycles. The van der Waals surface area contributed by atoms with Gasteiger partial charge in [-0.15, -0.1) is 10.2 Å². The SMILES string of the molecule is CCCc1nnc(NC(=O)/C=C/c2ccc(Cl)cc2)s1. The summed E-state index contributed by atoms with van der Waals surface area (Å²) in [5.41, 5.74) is 0.911. The van der Waals surface area contributed by atoms with E-state index >= 15 is 0 Å². The van der Waals surface area contributed by atoms with E-state index in [1.54, 1.807) is 18.2 Å². The summed E-state index contributed by atoms with van der Waals surface area (Å²) in [6.07, 6.45) is 5.08. The average molecular weight is 308 g/mol. The van der Waals surface area contributed by atoms with Crippen molar-refractivity contribution in [3.05, 3.63) is 45.9 Å². The molecule has 2 aromatic rings. The topological polar surface area (TPSA) is 54.9 Å². The fraction of sp³-hybridized carbons (Fsp3) is 0.214. The zero-order valence-corrected chi connectivity index (χ0v) is 12.5. The molecular weight excluding hydrogens is 294 g/mol. The van der Waals surface area contributed by atoms with Gasteiger partial charge in [0.15, 0.2) is 0 Å². The molecule has 1 aromatic carbocycles.